The topological polar surface area (TPSA) is 34.1 Å². The lowest BCUT2D eigenvalue weighted by molar-refractivity contribution is 0.184. The van der Waals surface area contributed by atoms with Crippen LogP contribution < -0.4 is 5.32 Å². The first kappa shape index (κ1) is 12.6. The highest BCUT2D eigenvalue weighted by atomic mass is 35.5. The summed E-state index contributed by atoms with van der Waals surface area (Å²) in [5, 5.41) is 4.26. The number of hydrogen-bond acceptors (Lipinski definition) is 3. The second-order valence-corrected chi connectivity index (χ2v) is 4.03. The summed E-state index contributed by atoms with van der Waals surface area (Å²) in [7, 11) is 1.67. The first-order chi connectivity index (χ1) is 7.17. The molecule has 1 aromatic rings. The molecule has 1 atom stereocenters. The highest BCUT2D eigenvalue weighted by Gasteiger charge is 2.09. The van der Waals surface area contributed by atoms with Gasteiger partial charge in [-0.3, -0.25) is 0 Å². The molecule has 1 rings (SSSR count). The molecule has 0 saturated carbocycles. The minimum absolute atomic E-state index is 0.209. The maximum atomic E-state index is 5.98. The van der Waals surface area contributed by atoms with Crippen molar-refractivity contribution in [3.8, 4) is 0 Å². The standard InChI is InChI=1S/C10H14Cl2N2O/c1-3-8(6-15-2)14-10-9(12)4-7(11)5-13-10/h4-5,8H,3,6H2,1-2H3,(H,13,14). The fraction of sp³-hybridized carbons (Fsp3) is 0.500. The number of halogens is 2. The summed E-state index contributed by atoms with van der Waals surface area (Å²) in [6, 6.07) is 1.87. The molecule has 0 fully saturated rings. The van der Waals surface area contributed by atoms with Crippen LogP contribution in [0.4, 0.5) is 5.82 Å². The molecule has 84 valence electrons. The molecule has 1 unspecified atom stereocenters. The Morgan fingerprint density at radius 1 is 1.53 bits per heavy atom. The summed E-state index contributed by atoms with van der Waals surface area (Å²) in [4.78, 5) is 4.12. The zero-order valence-electron chi connectivity index (χ0n) is 8.76. The van der Waals surface area contributed by atoms with Gasteiger partial charge in [0.25, 0.3) is 0 Å². The Balaban J connectivity index is 2.70. The van der Waals surface area contributed by atoms with E-state index in [0.29, 0.717) is 22.5 Å². The number of ether oxygens (including phenoxy) is 1. The van der Waals surface area contributed by atoms with Gasteiger partial charge in [-0.2, -0.15) is 0 Å². The molecule has 0 radical (unpaired) electrons. The maximum Gasteiger partial charge on any atom is 0.145 e. The molecule has 0 aliphatic rings. The number of nitrogens with zero attached hydrogens (tertiary/aromatic N) is 1. The predicted octanol–water partition coefficient (Wildman–Crippen LogP) is 3.23. The van der Waals surface area contributed by atoms with Crippen LogP contribution in [-0.2, 0) is 4.74 Å². The number of hydrogen-bond donors (Lipinski definition) is 1. The van der Waals surface area contributed by atoms with Gasteiger partial charge in [0, 0.05) is 13.3 Å². The first-order valence-corrected chi connectivity index (χ1v) is 5.49. The number of nitrogens with one attached hydrogen (secondary N) is 1. The van der Waals surface area contributed by atoms with E-state index in [1.165, 1.54) is 0 Å². The van der Waals surface area contributed by atoms with E-state index in [4.69, 9.17) is 27.9 Å². The van der Waals surface area contributed by atoms with Crippen molar-refractivity contribution in [1.82, 2.24) is 4.98 Å². The van der Waals surface area contributed by atoms with E-state index < -0.39 is 0 Å². The number of aromatic nitrogens is 1. The van der Waals surface area contributed by atoms with Gasteiger partial charge in [-0.15, -0.1) is 0 Å². The Morgan fingerprint density at radius 3 is 2.80 bits per heavy atom. The molecule has 3 nitrogen and oxygen atoms in total. The normalized spacial score (nSPS) is 12.5. The molecule has 0 saturated heterocycles. The Bertz CT molecular complexity index is 320. The Morgan fingerprint density at radius 2 is 2.27 bits per heavy atom. The van der Waals surface area contributed by atoms with Crippen LogP contribution in [0.1, 0.15) is 13.3 Å². The molecular weight excluding hydrogens is 235 g/mol. The molecule has 0 aliphatic heterocycles. The molecule has 0 aromatic carbocycles. The third-order valence-corrected chi connectivity index (χ3v) is 2.50. The van der Waals surface area contributed by atoms with Crippen LogP contribution in [0.3, 0.4) is 0 Å². The second-order valence-electron chi connectivity index (χ2n) is 3.19. The van der Waals surface area contributed by atoms with Gasteiger partial charge < -0.3 is 10.1 Å². The lowest BCUT2D eigenvalue weighted by Gasteiger charge is -2.17. The largest absolute Gasteiger partial charge is 0.383 e. The predicted molar refractivity (Wildman–Crippen MR) is 63.8 cm³/mol. The zero-order valence-corrected chi connectivity index (χ0v) is 10.3. The highest BCUT2D eigenvalue weighted by molar-refractivity contribution is 6.35. The van der Waals surface area contributed by atoms with E-state index in [9.17, 15) is 0 Å². The third kappa shape index (κ3) is 3.86. The Labute approximate surface area is 99.7 Å². The summed E-state index contributed by atoms with van der Waals surface area (Å²) in [5.41, 5.74) is 0. The van der Waals surface area contributed by atoms with Crippen molar-refractivity contribution >= 4 is 29.0 Å². The van der Waals surface area contributed by atoms with E-state index in [0.717, 1.165) is 6.42 Å². The fourth-order valence-corrected chi connectivity index (χ4v) is 1.61. The van der Waals surface area contributed by atoms with Gasteiger partial charge in [0.05, 0.1) is 22.7 Å². The van der Waals surface area contributed by atoms with E-state index in [-0.39, 0.29) is 6.04 Å². The van der Waals surface area contributed by atoms with Crippen LogP contribution in [0, 0.1) is 0 Å². The van der Waals surface area contributed by atoms with Crippen LogP contribution >= 0.6 is 23.2 Å². The molecule has 1 N–H and O–H groups in total. The Kier molecular flexibility index (Phi) is 5.15. The van der Waals surface area contributed by atoms with Crippen molar-refractivity contribution < 1.29 is 4.74 Å². The Hall–Kier alpha value is -0.510. The van der Waals surface area contributed by atoms with Gasteiger partial charge in [0.2, 0.25) is 0 Å². The summed E-state index contributed by atoms with van der Waals surface area (Å²) >= 11 is 11.7. The minimum atomic E-state index is 0.209. The number of methoxy groups -OCH3 is 1. The van der Waals surface area contributed by atoms with Crippen molar-refractivity contribution in [2.24, 2.45) is 0 Å². The maximum absolute atomic E-state index is 5.98. The lowest BCUT2D eigenvalue weighted by Crippen LogP contribution is -2.24. The number of rotatable bonds is 5. The van der Waals surface area contributed by atoms with Gasteiger partial charge in [-0.1, -0.05) is 30.1 Å². The highest BCUT2D eigenvalue weighted by Crippen LogP contribution is 2.23. The molecule has 1 heterocycles. The van der Waals surface area contributed by atoms with Crippen LogP contribution in [0.25, 0.3) is 0 Å². The average Bonchev–Trinajstić information content (AvgIpc) is 2.21. The minimum Gasteiger partial charge on any atom is -0.383 e. The van der Waals surface area contributed by atoms with Crippen molar-refractivity contribution in [2.75, 3.05) is 19.0 Å². The van der Waals surface area contributed by atoms with E-state index in [1.54, 1.807) is 19.4 Å². The van der Waals surface area contributed by atoms with Gasteiger partial charge in [-0.05, 0) is 12.5 Å². The fourth-order valence-electron chi connectivity index (χ4n) is 1.18. The molecule has 0 bridgehead atoms. The van der Waals surface area contributed by atoms with Crippen molar-refractivity contribution in [3.63, 3.8) is 0 Å². The van der Waals surface area contributed by atoms with Crippen LogP contribution in [0.5, 0.6) is 0 Å². The molecule has 5 heteroatoms. The van der Waals surface area contributed by atoms with Gasteiger partial charge >= 0.3 is 0 Å². The smallest absolute Gasteiger partial charge is 0.145 e. The van der Waals surface area contributed by atoms with Gasteiger partial charge in [0.15, 0.2) is 0 Å². The molecule has 0 amide bonds. The second kappa shape index (κ2) is 6.16. The average molecular weight is 249 g/mol. The van der Waals surface area contributed by atoms with Crippen LogP contribution in [0.2, 0.25) is 10.0 Å². The molecule has 0 spiro atoms. The van der Waals surface area contributed by atoms with Crippen molar-refractivity contribution in [3.05, 3.63) is 22.3 Å². The number of pyridine rings is 1. The van der Waals surface area contributed by atoms with E-state index >= 15 is 0 Å². The third-order valence-electron chi connectivity index (χ3n) is 2.01. The summed E-state index contributed by atoms with van der Waals surface area (Å²) < 4.78 is 5.07. The summed E-state index contributed by atoms with van der Waals surface area (Å²) in [6.45, 7) is 2.69. The monoisotopic (exact) mass is 248 g/mol. The summed E-state index contributed by atoms with van der Waals surface area (Å²) in [6.07, 6.45) is 2.50. The number of anilines is 1. The first-order valence-electron chi connectivity index (χ1n) is 4.73. The van der Waals surface area contributed by atoms with Crippen molar-refractivity contribution in [2.45, 2.75) is 19.4 Å². The summed E-state index contributed by atoms with van der Waals surface area (Å²) in [5.74, 6) is 0.643. The quantitative estimate of drug-likeness (QED) is 0.869. The lowest BCUT2D eigenvalue weighted by atomic mass is 10.2. The van der Waals surface area contributed by atoms with E-state index in [1.807, 2.05) is 0 Å². The molecule has 15 heavy (non-hydrogen) atoms. The SMILES string of the molecule is CCC(COC)Nc1ncc(Cl)cc1Cl. The van der Waals surface area contributed by atoms with Gasteiger partial charge in [-0.25, -0.2) is 4.98 Å². The molecule has 1 aromatic heterocycles. The van der Waals surface area contributed by atoms with Crippen LogP contribution in [-0.4, -0.2) is 24.7 Å². The zero-order chi connectivity index (χ0) is 11.3. The molecule has 0 aliphatic carbocycles. The molecular formula is C10H14Cl2N2O. The van der Waals surface area contributed by atoms with Crippen molar-refractivity contribution in [1.29, 1.82) is 0 Å². The van der Waals surface area contributed by atoms with E-state index in [2.05, 4.69) is 17.2 Å². The van der Waals surface area contributed by atoms with Gasteiger partial charge in [0.1, 0.15) is 5.82 Å². The van der Waals surface area contributed by atoms with Crippen LogP contribution in [0.15, 0.2) is 12.3 Å².